The summed E-state index contributed by atoms with van der Waals surface area (Å²) in [5.41, 5.74) is 3.39. The second-order valence-corrected chi connectivity index (χ2v) is 1.90. The van der Waals surface area contributed by atoms with Crippen molar-refractivity contribution in [3.8, 4) is 0 Å². The molecule has 0 unspecified atom stereocenters. The predicted molar refractivity (Wildman–Crippen MR) is 37.0 cm³/mol. The van der Waals surface area contributed by atoms with Crippen molar-refractivity contribution in [3.05, 3.63) is 35.9 Å². The predicted octanol–water partition coefficient (Wildman–Crippen LogP) is 1.18. The van der Waals surface area contributed by atoms with Crippen LogP contribution in [0.4, 0.5) is 0 Å². The summed E-state index contributed by atoms with van der Waals surface area (Å²) in [7, 11) is 0. The van der Waals surface area contributed by atoms with Gasteiger partial charge in [-0.1, -0.05) is 30.3 Å². The summed E-state index contributed by atoms with van der Waals surface area (Å²) in [6.45, 7) is 0.511. The molecule has 0 aromatic heterocycles. The van der Waals surface area contributed by atoms with E-state index in [1.54, 1.807) is 0 Å². The summed E-state index contributed by atoms with van der Waals surface area (Å²) in [6, 6.07) is 9.66. The van der Waals surface area contributed by atoms with Gasteiger partial charge < -0.3 is 0 Å². The molecule has 1 aromatic rings. The molecule has 3 heteroatoms. The minimum atomic E-state index is 0.511. The monoisotopic (exact) mass is 139 g/mol. The lowest BCUT2D eigenvalue weighted by Crippen LogP contribution is -2.10. The fourth-order valence-electron chi connectivity index (χ4n) is 0.711. The van der Waals surface area contributed by atoms with E-state index in [2.05, 4.69) is 10.5 Å². The van der Waals surface area contributed by atoms with E-state index < -0.39 is 0 Å². The third kappa shape index (κ3) is 2.14. The van der Waals surface area contributed by atoms with Crippen LogP contribution >= 0.6 is 0 Å². The smallest absolute Gasteiger partial charge is 0.0490 e. The molecule has 10 heavy (non-hydrogen) atoms. The number of hydroxylamine groups is 1. The van der Waals surface area contributed by atoms with E-state index in [1.807, 2.05) is 30.3 Å². The van der Waals surface area contributed by atoms with E-state index >= 15 is 0 Å². The molecular formula is C7H9NO2. The van der Waals surface area contributed by atoms with Crippen LogP contribution in [0.15, 0.2) is 30.3 Å². The quantitative estimate of drug-likeness (QED) is 0.488. The van der Waals surface area contributed by atoms with Gasteiger partial charge >= 0.3 is 0 Å². The zero-order chi connectivity index (χ0) is 7.23. The Kier molecular flexibility index (Phi) is 2.89. The van der Waals surface area contributed by atoms with Gasteiger partial charge in [-0.3, -0.25) is 0 Å². The minimum absolute atomic E-state index is 0.511. The lowest BCUT2D eigenvalue weighted by molar-refractivity contribution is -0.293. The number of hydrogen-bond acceptors (Lipinski definition) is 3. The molecule has 0 heterocycles. The summed E-state index contributed by atoms with van der Waals surface area (Å²) in [4.78, 5) is 3.70. The highest BCUT2D eigenvalue weighted by Crippen LogP contribution is 1.96. The highest BCUT2D eigenvalue weighted by molar-refractivity contribution is 5.13. The van der Waals surface area contributed by atoms with Gasteiger partial charge in [0.25, 0.3) is 0 Å². The largest absolute Gasteiger partial charge is 0.233 e. The van der Waals surface area contributed by atoms with Gasteiger partial charge in [-0.2, -0.15) is 5.48 Å². The van der Waals surface area contributed by atoms with Crippen LogP contribution in [-0.4, -0.2) is 5.26 Å². The maximum Gasteiger partial charge on any atom is 0.0490 e. The van der Waals surface area contributed by atoms with Gasteiger partial charge in [0.15, 0.2) is 0 Å². The Bertz CT molecular complexity index is 176. The third-order valence-electron chi connectivity index (χ3n) is 1.18. The van der Waals surface area contributed by atoms with Crippen molar-refractivity contribution in [3.63, 3.8) is 0 Å². The Morgan fingerprint density at radius 3 is 2.60 bits per heavy atom. The zero-order valence-corrected chi connectivity index (χ0v) is 5.45. The van der Waals surface area contributed by atoms with Crippen LogP contribution in [0.5, 0.6) is 0 Å². The first kappa shape index (κ1) is 7.21. The van der Waals surface area contributed by atoms with E-state index in [4.69, 9.17) is 5.26 Å². The molecule has 0 amide bonds. The summed E-state index contributed by atoms with van der Waals surface area (Å²) in [6.07, 6.45) is 0. The van der Waals surface area contributed by atoms with Gasteiger partial charge in [-0.05, 0) is 5.56 Å². The van der Waals surface area contributed by atoms with E-state index in [0.29, 0.717) is 6.54 Å². The lowest BCUT2D eigenvalue weighted by Gasteiger charge is -1.97. The van der Waals surface area contributed by atoms with E-state index in [1.165, 1.54) is 0 Å². The van der Waals surface area contributed by atoms with Crippen LogP contribution in [0.2, 0.25) is 0 Å². The minimum Gasteiger partial charge on any atom is -0.233 e. The van der Waals surface area contributed by atoms with Crippen LogP contribution in [0.1, 0.15) is 5.56 Å². The van der Waals surface area contributed by atoms with Crippen molar-refractivity contribution in [2.45, 2.75) is 6.54 Å². The molecule has 0 saturated heterocycles. The summed E-state index contributed by atoms with van der Waals surface area (Å²) in [5.74, 6) is 0. The Labute approximate surface area is 59.1 Å². The maximum atomic E-state index is 7.92. The molecule has 3 nitrogen and oxygen atoms in total. The first-order valence-electron chi connectivity index (χ1n) is 3.00. The Morgan fingerprint density at radius 1 is 1.30 bits per heavy atom. The molecule has 0 fully saturated rings. The lowest BCUT2D eigenvalue weighted by atomic mass is 10.2. The molecule has 1 rings (SSSR count). The average molecular weight is 139 g/mol. The van der Waals surface area contributed by atoms with Crippen molar-refractivity contribution >= 4 is 0 Å². The van der Waals surface area contributed by atoms with Crippen molar-refractivity contribution in [2.75, 3.05) is 0 Å². The Hall–Kier alpha value is -0.900. The zero-order valence-electron chi connectivity index (χ0n) is 5.45. The molecule has 0 spiro atoms. The summed E-state index contributed by atoms with van der Waals surface area (Å²) >= 11 is 0. The Morgan fingerprint density at radius 2 is 2.00 bits per heavy atom. The van der Waals surface area contributed by atoms with Crippen LogP contribution in [0.25, 0.3) is 0 Å². The molecule has 0 atom stereocenters. The first-order chi connectivity index (χ1) is 4.93. The fraction of sp³-hybridized carbons (Fsp3) is 0.143. The highest BCUT2D eigenvalue weighted by Gasteiger charge is 1.87. The highest BCUT2D eigenvalue weighted by atomic mass is 17.2. The van der Waals surface area contributed by atoms with E-state index in [9.17, 15) is 0 Å². The standard InChI is InChI=1S/C7H9NO2/c9-10-8-6-7-4-2-1-3-5-7/h1-5,8-9H,6H2. The van der Waals surface area contributed by atoms with Crippen molar-refractivity contribution < 1.29 is 10.2 Å². The van der Waals surface area contributed by atoms with Gasteiger partial charge in [0, 0.05) is 6.54 Å². The third-order valence-corrected chi connectivity index (χ3v) is 1.18. The van der Waals surface area contributed by atoms with Gasteiger partial charge in [-0.25, -0.2) is 5.26 Å². The number of rotatable bonds is 3. The molecule has 2 N–H and O–H groups in total. The van der Waals surface area contributed by atoms with Crippen LogP contribution in [0.3, 0.4) is 0 Å². The molecule has 0 aliphatic heterocycles. The van der Waals surface area contributed by atoms with E-state index in [0.717, 1.165) is 5.56 Å². The average Bonchev–Trinajstić information content (AvgIpc) is 2.03. The molecule has 0 bridgehead atoms. The van der Waals surface area contributed by atoms with Crippen LogP contribution in [0, 0.1) is 0 Å². The second kappa shape index (κ2) is 4.00. The van der Waals surface area contributed by atoms with Crippen molar-refractivity contribution in [2.24, 2.45) is 0 Å². The van der Waals surface area contributed by atoms with Gasteiger partial charge in [-0.15, -0.1) is 4.99 Å². The SMILES string of the molecule is OONCc1ccccc1. The van der Waals surface area contributed by atoms with E-state index in [-0.39, 0.29) is 0 Å². The van der Waals surface area contributed by atoms with Crippen molar-refractivity contribution in [1.82, 2.24) is 5.48 Å². The Balaban J connectivity index is 2.43. The normalized spacial score (nSPS) is 9.70. The molecule has 0 aliphatic carbocycles. The van der Waals surface area contributed by atoms with Crippen LogP contribution in [-0.2, 0) is 11.5 Å². The number of hydrogen-bond donors (Lipinski definition) is 2. The molecule has 0 saturated carbocycles. The molecule has 54 valence electrons. The summed E-state index contributed by atoms with van der Waals surface area (Å²) < 4.78 is 0. The number of nitrogens with one attached hydrogen (secondary N) is 1. The topological polar surface area (TPSA) is 41.5 Å². The van der Waals surface area contributed by atoms with Gasteiger partial charge in [0.05, 0.1) is 0 Å². The fourth-order valence-corrected chi connectivity index (χ4v) is 0.711. The van der Waals surface area contributed by atoms with Gasteiger partial charge in [0.2, 0.25) is 0 Å². The van der Waals surface area contributed by atoms with Crippen LogP contribution < -0.4 is 5.48 Å². The summed E-state index contributed by atoms with van der Waals surface area (Å²) in [5, 5.41) is 7.92. The molecule has 0 aliphatic rings. The number of benzene rings is 1. The first-order valence-corrected chi connectivity index (χ1v) is 3.00. The second-order valence-electron chi connectivity index (χ2n) is 1.90. The van der Waals surface area contributed by atoms with Crippen molar-refractivity contribution in [1.29, 1.82) is 0 Å². The maximum absolute atomic E-state index is 7.92. The molecule has 0 radical (unpaired) electrons. The van der Waals surface area contributed by atoms with Gasteiger partial charge in [0.1, 0.15) is 0 Å². The molecular weight excluding hydrogens is 130 g/mol. The molecule has 1 aromatic carbocycles.